The minimum atomic E-state index is -0.0999. The van der Waals surface area contributed by atoms with E-state index in [2.05, 4.69) is 49.3 Å². The zero-order chi connectivity index (χ0) is 14.6. The Morgan fingerprint density at radius 2 is 1.74 bits per heavy atom. The predicted molar refractivity (Wildman–Crippen MR) is 79.0 cm³/mol. The van der Waals surface area contributed by atoms with Crippen molar-refractivity contribution >= 4 is 17.1 Å². The lowest BCUT2D eigenvalue weighted by molar-refractivity contribution is 0.220. The van der Waals surface area contributed by atoms with Crippen molar-refractivity contribution in [3.05, 3.63) is 5.69 Å². The van der Waals surface area contributed by atoms with Gasteiger partial charge in [-0.2, -0.15) is 5.10 Å². The van der Waals surface area contributed by atoms with Crippen LogP contribution in [0.1, 0.15) is 46.7 Å². The molecule has 0 unspecified atom stereocenters. The van der Waals surface area contributed by atoms with Crippen LogP contribution < -0.4 is 5.73 Å². The van der Waals surface area contributed by atoms with Crippen molar-refractivity contribution in [1.29, 1.82) is 0 Å². The van der Waals surface area contributed by atoms with Gasteiger partial charge in [0.05, 0.1) is 5.69 Å². The first-order chi connectivity index (χ1) is 8.53. The summed E-state index contributed by atoms with van der Waals surface area (Å²) in [7, 11) is 1.94. The SMILES string of the molecule is Cc1nn(C)c2c1nc(N)n2C(C)(C)CC(C)(C)C. The zero-order valence-corrected chi connectivity index (χ0v) is 13.1. The summed E-state index contributed by atoms with van der Waals surface area (Å²) in [4.78, 5) is 4.49. The molecule has 0 amide bonds. The smallest absolute Gasteiger partial charge is 0.203 e. The monoisotopic (exact) mass is 263 g/mol. The Labute approximate surface area is 114 Å². The molecule has 0 fully saturated rings. The fraction of sp³-hybridized carbons (Fsp3) is 0.714. The molecule has 2 aromatic rings. The van der Waals surface area contributed by atoms with Crippen LogP contribution >= 0.6 is 0 Å². The molecule has 0 aliphatic rings. The maximum absolute atomic E-state index is 6.15. The number of imidazole rings is 1. The Hall–Kier alpha value is -1.52. The summed E-state index contributed by atoms with van der Waals surface area (Å²) in [6.45, 7) is 13.1. The molecule has 2 heterocycles. The Balaban J connectivity index is 2.64. The van der Waals surface area contributed by atoms with Crippen LogP contribution in [0.5, 0.6) is 0 Å². The highest BCUT2D eigenvalue weighted by molar-refractivity contribution is 5.77. The van der Waals surface area contributed by atoms with Gasteiger partial charge in [0, 0.05) is 12.6 Å². The number of fused-ring (bicyclic) bond motifs is 1. The summed E-state index contributed by atoms with van der Waals surface area (Å²) >= 11 is 0. The quantitative estimate of drug-likeness (QED) is 0.906. The Kier molecular flexibility index (Phi) is 2.92. The highest BCUT2D eigenvalue weighted by atomic mass is 15.4. The van der Waals surface area contributed by atoms with Crippen LogP contribution in [0.25, 0.3) is 11.2 Å². The van der Waals surface area contributed by atoms with Gasteiger partial charge in [-0.05, 0) is 32.6 Å². The molecule has 0 aromatic carbocycles. The predicted octanol–water partition coefficient (Wildman–Crippen LogP) is 2.83. The molecule has 5 heteroatoms. The van der Waals surface area contributed by atoms with E-state index < -0.39 is 0 Å². The van der Waals surface area contributed by atoms with Crippen molar-refractivity contribution in [1.82, 2.24) is 19.3 Å². The van der Waals surface area contributed by atoms with Crippen molar-refractivity contribution in [2.45, 2.75) is 53.5 Å². The van der Waals surface area contributed by atoms with Gasteiger partial charge in [0.1, 0.15) is 5.52 Å². The molecule has 0 radical (unpaired) electrons. The molecule has 0 atom stereocenters. The molecule has 0 bridgehead atoms. The maximum Gasteiger partial charge on any atom is 0.203 e. The largest absolute Gasteiger partial charge is 0.369 e. The summed E-state index contributed by atoms with van der Waals surface area (Å²) in [5.41, 5.74) is 9.11. The van der Waals surface area contributed by atoms with E-state index in [0.717, 1.165) is 23.3 Å². The lowest BCUT2D eigenvalue weighted by Crippen LogP contribution is -2.33. The van der Waals surface area contributed by atoms with Gasteiger partial charge in [-0.15, -0.1) is 0 Å². The molecule has 0 aliphatic heterocycles. The first-order valence-corrected chi connectivity index (χ1v) is 6.71. The fourth-order valence-corrected chi connectivity index (χ4v) is 3.26. The third-order valence-corrected chi connectivity index (χ3v) is 3.40. The average molecular weight is 263 g/mol. The van der Waals surface area contributed by atoms with Gasteiger partial charge in [-0.25, -0.2) is 4.98 Å². The van der Waals surface area contributed by atoms with Crippen LogP contribution in [-0.2, 0) is 12.6 Å². The van der Waals surface area contributed by atoms with Crippen LogP contribution in [0.2, 0.25) is 0 Å². The Morgan fingerprint density at radius 1 is 1.16 bits per heavy atom. The second kappa shape index (κ2) is 3.99. The van der Waals surface area contributed by atoms with Crippen molar-refractivity contribution in [2.75, 3.05) is 5.73 Å². The number of nitrogen functional groups attached to an aromatic ring is 1. The molecule has 2 aromatic heterocycles. The molecule has 5 nitrogen and oxygen atoms in total. The minimum Gasteiger partial charge on any atom is -0.369 e. The van der Waals surface area contributed by atoms with E-state index in [1.54, 1.807) is 0 Å². The molecule has 0 spiro atoms. The lowest BCUT2D eigenvalue weighted by atomic mass is 9.81. The summed E-state index contributed by atoms with van der Waals surface area (Å²) in [5, 5.41) is 4.44. The van der Waals surface area contributed by atoms with Gasteiger partial charge in [0.2, 0.25) is 5.95 Å². The number of aromatic nitrogens is 4. The van der Waals surface area contributed by atoms with Gasteiger partial charge in [-0.1, -0.05) is 20.8 Å². The lowest BCUT2D eigenvalue weighted by Gasteiger charge is -2.34. The first kappa shape index (κ1) is 13.9. The second-order valence-corrected chi connectivity index (χ2v) is 7.24. The summed E-state index contributed by atoms with van der Waals surface area (Å²) in [6.07, 6.45) is 1.01. The van der Waals surface area contributed by atoms with E-state index in [0.29, 0.717) is 5.95 Å². The van der Waals surface area contributed by atoms with E-state index in [4.69, 9.17) is 5.73 Å². The van der Waals surface area contributed by atoms with Gasteiger partial charge in [0.25, 0.3) is 0 Å². The van der Waals surface area contributed by atoms with Crippen molar-refractivity contribution < 1.29 is 0 Å². The number of nitrogens with two attached hydrogens (primary N) is 1. The van der Waals surface area contributed by atoms with Gasteiger partial charge < -0.3 is 5.73 Å². The number of rotatable bonds is 2. The van der Waals surface area contributed by atoms with Crippen LogP contribution in [0.15, 0.2) is 0 Å². The molecule has 2 N–H and O–H groups in total. The van der Waals surface area contributed by atoms with E-state index in [1.807, 2.05) is 18.7 Å². The Morgan fingerprint density at radius 3 is 2.26 bits per heavy atom. The molecule has 0 aliphatic carbocycles. The van der Waals surface area contributed by atoms with E-state index in [1.165, 1.54) is 0 Å². The molecular weight excluding hydrogens is 238 g/mol. The number of anilines is 1. The van der Waals surface area contributed by atoms with Crippen molar-refractivity contribution in [3.8, 4) is 0 Å². The molecule has 0 saturated heterocycles. The number of hydrogen-bond donors (Lipinski definition) is 1. The molecule has 106 valence electrons. The Bertz CT molecular complexity index is 610. The van der Waals surface area contributed by atoms with Crippen LogP contribution in [0.4, 0.5) is 5.95 Å². The molecule has 2 rings (SSSR count). The normalized spacial score (nSPS) is 13.4. The third kappa shape index (κ3) is 2.33. The zero-order valence-electron chi connectivity index (χ0n) is 13.1. The average Bonchev–Trinajstić information content (AvgIpc) is 2.62. The fourth-order valence-electron chi connectivity index (χ4n) is 3.26. The summed E-state index contributed by atoms with van der Waals surface area (Å²) in [6, 6.07) is 0. The van der Waals surface area contributed by atoms with E-state index in [-0.39, 0.29) is 11.0 Å². The van der Waals surface area contributed by atoms with E-state index >= 15 is 0 Å². The number of aryl methyl sites for hydroxylation is 2. The third-order valence-electron chi connectivity index (χ3n) is 3.40. The van der Waals surface area contributed by atoms with Gasteiger partial charge in [-0.3, -0.25) is 9.25 Å². The van der Waals surface area contributed by atoms with Crippen LogP contribution in [0.3, 0.4) is 0 Å². The second-order valence-electron chi connectivity index (χ2n) is 7.24. The summed E-state index contributed by atoms with van der Waals surface area (Å²) in [5.74, 6) is 0.570. The molecular formula is C14H25N5. The summed E-state index contributed by atoms with van der Waals surface area (Å²) < 4.78 is 3.99. The van der Waals surface area contributed by atoms with Crippen molar-refractivity contribution in [3.63, 3.8) is 0 Å². The highest BCUT2D eigenvalue weighted by Gasteiger charge is 2.32. The van der Waals surface area contributed by atoms with E-state index in [9.17, 15) is 0 Å². The van der Waals surface area contributed by atoms with Crippen LogP contribution in [-0.4, -0.2) is 19.3 Å². The standard InChI is InChI=1S/C14H25N5/c1-9-10-11(18(7)17-9)19(12(15)16-10)14(5,6)8-13(2,3)4/h8H2,1-7H3,(H2,15,16). The highest BCUT2D eigenvalue weighted by Crippen LogP contribution is 2.36. The van der Waals surface area contributed by atoms with Crippen molar-refractivity contribution in [2.24, 2.45) is 12.5 Å². The van der Waals surface area contributed by atoms with Gasteiger partial charge >= 0.3 is 0 Å². The first-order valence-electron chi connectivity index (χ1n) is 6.71. The molecule has 0 saturated carbocycles. The van der Waals surface area contributed by atoms with Gasteiger partial charge in [0.15, 0.2) is 5.65 Å². The number of nitrogens with zero attached hydrogens (tertiary/aromatic N) is 4. The molecule has 19 heavy (non-hydrogen) atoms. The number of hydrogen-bond acceptors (Lipinski definition) is 3. The minimum absolute atomic E-state index is 0.0999. The maximum atomic E-state index is 6.15. The topological polar surface area (TPSA) is 61.7 Å². The van der Waals surface area contributed by atoms with Crippen LogP contribution in [0, 0.1) is 12.3 Å².